The number of rotatable bonds is 3. The maximum absolute atomic E-state index is 12.7. The number of sulfone groups is 1. The summed E-state index contributed by atoms with van der Waals surface area (Å²) in [7, 11) is -3.22. The van der Waals surface area contributed by atoms with Crippen molar-refractivity contribution in [3.8, 4) is 0 Å². The molecule has 1 aliphatic rings. The van der Waals surface area contributed by atoms with Crippen LogP contribution >= 0.6 is 0 Å². The van der Waals surface area contributed by atoms with E-state index in [0.29, 0.717) is 12.8 Å². The lowest BCUT2D eigenvalue weighted by atomic mass is 10.1. The lowest BCUT2D eigenvalue weighted by Crippen LogP contribution is -2.25. The molecule has 2 unspecified atom stereocenters. The molecule has 1 N–H and O–H groups in total. The lowest BCUT2D eigenvalue weighted by Gasteiger charge is -2.09. The molecule has 0 saturated carbocycles. The Bertz CT molecular complexity index is 298. The lowest BCUT2D eigenvalue weighted by molar-refractivity contribution is -0.143. The molecule has 0 aromatic rings. The predicted octanol–water partition coefficient (Wildman–Crippen LogP) is 0.376. The third-order valence-corrected chi connectivity index (χ3v) is 4.50. The molecule has 1 rings (SSSR count). The summed E-state index contributed by atoms with van der Waals surface area (Å²) in [4.78, 5) is 10.1. The highest BCUT2D eigenvalue weighted by Gasteiger charge is 2.35. The monoisotopic (exact) mass is 210 g/mol. The number of carboxylic acids is 1. The Morgan fingerprint density at radius 2 is 2.23 bits per heavy atom. The maximum Gasteiger partial charge on any atom is 0.338 e. The summed E-state index contributed by atoms with van der Waals surface area (Å²) in [5.74, 6) is -1.52. The Hall–Kier alpha value is -0.650. The van der Waals surface area contributed by atoms with E-state index in [4.69, 9.17) is 5.11 Å². The van der Waals surface area contributed by atoms with Crippen LogP contribution in [0, 0.1) is 0 Å². The van der Waals surface area contributed by atoms with Crippen LogP contribution < -0.4 is 0 Å². The first-order valence-corrected chi connectivity index (χ1v) is 5.73. The van der Waals surface area contributed by atoms with Gasteiger partial charge < -0.3 is 5.11 Å². The fourth-order valence-electron chi connectivity index (χ4n) is 1.45. The SMILES string of the molecule is O=C(O)C(F)CC1CCCS1(=O)=O. The molecule has 0 amide bonds. The summed E-state index contributed by atoms with van der Waals surface area (Å²) in [5.41, 5.74) is 0. The maximum atomic E-state index is 12.7. The Balaban J connectivity index is 2.60. The molecule has 2 atom stereocenters. The van der Waals surface area contributed by atoms with Gasteiger partial charge in [-0.25, -0.2) is 17.6 Å². The second-order valence-electron chi connectivity index (χ2n) is 3.17. The number of carbonyl (C=O) groups is 1. The molecule has 0 aromatic heterocycles. The molecule has 6 heteroatoms. The summed E-state index contributed by atoms with van der Waals surface area (Å²) < 4.78 is 35.0. The topological polar surface area (TPSA) is 71.4 Å². The minimum absolute atomic E-state index is 0.0595. The van der Waals surface area contributed by atoms with E-state index in [-0.39, 0.29) is 5.75 Å². The van der Waals surface area contributed by atoms with Gasteiger partial charge in [0.15, 0.2) is 16.0 Å². The van der Waals surface area contributed by atoms with Gasteiger partial charge in [0.05, 0.1) is 11.0 Å². The van der Waals surface area contributed by atoms with Gasteiger partial charge in [0.2, 0.25) is 0 Å². The average molecular weight is 210 g/mol. The quantitative estimate of drug-likeness (QED) is 0.730. The van der Waals surface area contributed by atoms with Gasteiger partial charge in [-0.15, -0.1) is 0 Å². The van der Waals surface area contributed by atoms with Crippen molar-refractivity contribution < 1.29 is 22.7 Å². The highest BCUT2D eigenvalue weighted by Crippen LogP contribution is 2.24. The van der Waals surface area contributed by atoms with Crippen molar-refractivity contribution in [2.75, 3.05) is 5.75 Å². The first-order chi connectivity index (χ1) is 5.93. The summed E-state index contributed by atoms with van der Waals surface area (Å²) in [6.07, 6.45) is -1.56. The highest BCUT2D eigenvalue weighted by atomic mass is 32.2. The van der Waals surface area contributed by atoms with Crippen molar-refractivity contribution in [2.45, 2.75) is 30.7 Å². The van der Waals surface area contributed by atoms with Crippen LogP contribution in [0.4, 0.5) is 4.39 Å². The summed E-state index contributed by atoms with van der Waals surface area (Å²) in [6.45, 7) is 0. The summed E-state index contributed by atoms with van der Waals surface area (Å²) in [5, 5.41) is 7.45. The number of hydrogen-bond donors (Lipinski definition) is 1. The number of hydrogen-bond acceptors (Lipinski definition) is 3. The van der Waals surface area contributed by atoms with Gasteiger partial charge in [-0.3, -0.25) is 0 Å². The van der Waals surface area contributed by atoms with Gasteiger partial charge in [-0.05, 0) is 12.8 Å². The summed E-state index contributed by atoms with van der Waals surface area (Å²) >= 11 is 0. The third kappa shape index (κ3) is 2.40. The van der Waals surface area contributed by atoms with Crippen LogP contribution in [0.15, 0.2) is 0 Å². The predicted molar refractivity (Wildman–Crippen MR) is 44.0 cm³/mol. The second-order valence-corrected chi connectivity index (χ2v) is 5.57. The molecule has 76 valence electrons. The van der Waals surface area contributed by atoms with E-state index in [1.807, 2.05) is 0 Å². The largest absolute Gasteiger partial charge is 0.479 e. The van der Waals surface area contributed by atoms with E-state index >= 15 is 0 Å². The third-order valence-electron chi connectivity index (χ3n) is 2.20. The van der Waals surface area contributed by atoms with Crippen molar-refractivity contribution in [1.82, 2.24) is 0 Å². The van der Waals surface area contributed by atoms with E-state index < -0.39 is 33.6 Å². The van der Waals surface area contributed by atoms with E-state index in [1.165, 1.54) is 0 Å². The van der Waals surface area contributed by atoms with Crippen LogP contribution in [0.2, 0.25) is 0 Å². The van der Waals surface area contributed by atoms with Gasteiger partial charge in [0.25, 0.3) is 0 Å². The standard InChI is InChI=1S/C7H11FO4S/c8-6(7(9)10)4-5-2-1-3-13(5,11)12/h5-6H,1-4H2,(H,9,10). The van der Waals surface area contributed by atoms with Gasteiger partial charge in [-0.1, -0.05) is 0 Å². The second kappa shape index (κ2) is 3.61. The van der Waals surface area contributed by atoms with Crippen LogP contribution in [0.25, 0.3) is 0 Å². The zero-order valence-electron chi connectivity index (χ0n) is 6.94. The Morgan fingerprint density at radius 1 is 1.62 bits per heavy atom. The zero-order valence-corrected chi connectivity index (χ0v) is 7.76. The highest BCUT2D eigenvalue weighted by molar-refractivity contribution is 7.92. The van der Waals surface area contributed by atoms with Gasteiger partial charge in [0.1, 0.15) is 0 Å². The van der Waals surface area contributed by atoms with Crippen LogP contribution in [0.3, 0.4) is 0 Å². The van der Waals surface area contributed by atoms with E-state index in [1.54, 1.807) is 0 Å². The molecule has 0 bridgehead atoms. The number of carboxylic acid groups (broad SMARTS) is 1. The van der Waals surface area contributed by atoms with Crippen LogP contribution in [-0.4, -0.2) is 36.7 Å². The molecule has 4 nitrogen and oxygen atoms in total. The van der Waals surface area contributed by atoms with Crippen molar-refractivity contribution in [3.05, 3.63) is 0 Å². The first-order valence-electron chi connectivity index (χ1n) is 4.02. The molecule has 1 saturated heterocycles. The smallest absolute Gasteiger partial charge is 0.338 e. The van der Waals surface area contributed by atoms with Gasteiger partial charge >= 0.3 is 5.97 Å². The molecule has 1 heterocycles. The van der Waals surface area contributed by atoms with Crippen LogP contribution in [-0.2, 0) is 14.6 Å². The number of halogens is 1. The van der Waals surface area contributed by atoms with E-state index in [2.05, 4.69) is 0 Å². The van der Waals surface area contributed by atoms with Gasteiger partial charge in [-0.2, -0.15) is 0 Å². The Labute approximate surface area is 75.7 Å². The Morgan fingerprint density at radius 3 is 2.62 bits per heavy atom. The molecular formula is C7H11FO4S. The molecule has 1 aliphatic heterocycles. The molecule has 0 radical (unpaired) electrons. The van der Waals surface area contributed by atoms with Crippen molar-refractivity contribution in [2.24, 2.45) is 0 Å². The molecule has 1 fully saturated rings. The number of alkyl halides is 1. The van der Waals surface area contributed by atoms with Gasteiger partial charge in [0, 0.05) is 6.42 Å². The molecule has 13 heavy (non-hydrogen) atoms. The minimum Gasteiger partial charge on any atom is -0.479 e. The summed E-state index contributed by atoms with van der Waals surface area (Å²) in [6, 6.07) is 0. The molecule has 0 aliphatic carbocycles. The van der Waals surface area contributed by atoms with E-state index in [9.17, 15) is 17.6 Å². The van der Waals surface area contributed by atoms with Crippen molar-refractivity contribution in [1.29, 1.82) is 0 Å². The van der Waals surface area contributed by atoms with Crippen molar-refractivity contribution >= 4 is 15.8 Å². The van der Waals surface area contributed by atoms with E-state index in [0.717, 1.165) is 0 Å². The Kier molecular flexibility index (Phi) is 2.90. The molecular weight excluding hydrogens is 199 g/mol. The number of aliphatic carboxylic acids is 1. The molecule has 0 spiro atoms. The van der Waals surface area contributed by atoms with Crippen molar-refractivity contribution in [3.63, 3.8) is 0 Å². The van der Waals surface area contributed by atoms with Crippen LogP contribution in [0.1, 0.15) is 19.3 Å². The minimum atomic E-state index is -3.22. The fourth-order valence-corrected chi connectivity index (χ4v) is 3.34. The molecule has 0 aromatic carbocycles. The van der Waals surface area contributed by atoms with Crippen LogP contribution in [0.5, 0.6) is 0 Å². The fraction of sp³-hybridized carbons (Fsp3) is 0.857. The first kappa shape index (κ1) is 10.4. The zero-order chi connectivity index (χ0) is 10.1. The average Bonchev–Trinajstić information content (AvgIpc) is 2.30. The normalized spacial score (nSPS) is 28.5.